The van der Waals surface area contributed by atoms with E-state index in [-0.39, 0.29) is 6.09 Å². The molecular weight excluding hydrogens is 364 g/mol. The van der Waals surface area contributed by atoms with Crippen LogP contribution < -0.4 is 5.32 Å². The Morgan fingerprint density at radius 1 is 1.28 bits per heavy atom. The van der Waals surface area contributed by atoms with Crippen molar-refractivity contribution in [2.24, 2.45) is 0 Å². The molecule has 6 heteroatoms. The van der Waals surface area contributed by atoms with Crippen LogP contribution in [0.4, 0.5) is 4.79 Å². The number of fused-ring (bicyclic) bond motifs is 2. The lowest BCUT2D eigenvalue weighted by Crippen LogP contribution is -2.36. The Morgan fingerprint density at radius 3 is 2.97 bits per heavy atom. The molecule has 0 aliphatic carbocycles. The molecule has 6 nitrogen and oxygen atoms in total. The maximum Gasteiger partial charge on any atom is 0.409 e. The summed E-state index contributed by atoms with van der Waals surface area (Å²) in [5.41, 5.74) is 8.37. The van der Waals surface area contributed by atoms with Gasteiger partial charge >= 0.3 is 6.09 Å². The number of benzene rings is 1. The van der Waals surface area contributed by atoms with Crippen molar-refractivity contribution in [1.82, 2.24) is 20.2 Å². The lowest BCUT2D eigenvalue weighted by Gasteiger charge is -2.31. The summed E-state index contributed by atoms with van der Waals surface area (Å²) in [4.78, 5) is 21.7. The summed E-state index contributed by atoms with van der Waals surface area (Å²) in [6.07, 6.45) is 6.90. The average Bonchev–Trinajstić information content (AvgIpc) is 3.42. The van der Waals surface area contributed by atoms with Crippen LogP contribution in [0.2, 0.25) is 0 Å². The number of amides is 1. The standard InChI is InChI=1S/C23H26N4O2/c1-14-11-25-22-19(14)10-16(12-26-22)15-8-17-13-27(23(28)29-2)7-5-18(17)20(9-15)21-4-3-6-24-21/h8-12,21,24H,3-7,13H2,1-2H3,(H,25,26)/t21-/m0/s1. The van der Waals surface area contributed by atoms with E-state index in [1.54, 1.807) is 4.90 Å². The number of carbonyl (C=O) groups excluding carboxylic acids is 1. The minimum Gasteiger partial charge on any atom is -0.453 e. The van der Waals surface area contributed by atoms with Gasteiger partial charge in [-0.15, -0.1) is 0 Å². The van der Waals surface area contributed by atoms with Gasteiger partial charge in [-0.25, -0.2) is 9.78 Å². The molecule has 4 heterocycles. The van der Waals surface area contributed by atoms with Crippen molar-refractivity contribution in [1.29, 1.82) is 0 Å². The van der Waals surface area contributed by atoms with E-state index in [2.05, 4.69) is 40.4 Å². The van der Waals surface area contributed by atoms with Gasteiger partial charge < -0.3 is 19.9 Å². The fraction of sp³-hybridized carbons (Fsp3) is 0.391. The van der Waals surface area contributed by atoms with Crippen LogP contribution in [0.1, 0.15) is 41.1 Å². The lowest BCUT2D eigenvalue weighted by molar-refractivity contribution is 0.118. The Hall–Kier alpha value is -2.86. The van der Waals surface area contributed by atoms with Crippen LogP contribution in [0.25, 0.3) is 22.2 Å². The molecule has 0 radical (unpaired) electrons. The molecule has 150 valence electrons. The van der Waals surface area contributed by atoms with E-state index in [9.17, 15) is 4.79 Å². The third kappa shape index (κ3) is 3.17. The second kappa shape index (κ2) is 7.19. The minimum atomic E-state index is -0.257. The van der Waals surface area contributed by atoms with Crippen LogP contribution in [-0.2, 0) is 17.7 Å². The lowest BCUT2D eigenvalue weighted by atomic mass is 9.87. The van der Waals surface area contributed by atoms with Crippen molar-refractivity contribution in [2.45, 2.75) is 38.8 Å². The van der Waals surface area contributed by atoms with Gasteiger partial charge in [-0.1, -0.05) is 0 Å². The first kappa shape index (κ1) is 18.2. The fourth-order valence-corrected chi connectivity index (χ4v) is 4.74. The molecule has 1 fully saturated rings. The summed E-state index contributed by atoms with van der Waals surface area (Å²) in [5, 5.41) is 4.81. The van der Waals surface area contributed by atoms with Crippen molar-refractivity contribution in [2.75, 3.05) is 20.2 Å². The number of carbonyl (C=O) groups is 1. The fourth-order valence-electron chi connectivity index (χ4n) is 4.74. The van der Waals surface area contributed by atoms with Gasteiger partial charge in [0.2, 0.25) is 0 Å². The van der Waals surface area contributed by atoms with E-state index in [0.29, 0.717) is 19.1 Å². The van der Waals surface area contributed by atoms with Gasteiger partial charge in [-0.2, -0.15) is 0 Å². The smallest absolute Gasteiger partial charge is 0.409 e. The first-order chi connectivity index (χ1) is 14.1. The zero-order valence-electron chi connectivity index (χ0n) is 16.9. The van der Waals surface area contributed by atoms with E-state index in [1.165, 1.54) is 35.8 Å². The SMILES string of the molecule is COC(=O)N1CCc2c(cc(-c3cnc4[nH]cc(C)c4c3)cc2[C@@H]2CCCN2)C1. The van der Waals surface area contributed by atoms with Crippen LogP contribution in [0.5, 0.6) is 0 Å². The minimum absolute atomic E-state index is 0.257. The molecule has 3 aromatic rings. The first-order valence-corrected chi connectivity index (χ1v) is 10.3. The maximum absolute atomic E-state index is 12.1. The monoisotopic (exact) mass is 390 g/mol. The molecule has 0 spiro atoms. The molecular formula is C23H26N4O2. The van der Waals surface area contributed by atoms with Crippen LogP contribution in [-0.4, -0.2) is 41.2 Å². The Bertz CT molecular complexity index is 1080. The van der Waals surface area contributed by atoms with Crippen LogP contribution in [0.15, 0.2) is 30.6 Å². The maximum atomic E-state index is 12.1. The Kier molecular flexibility index (Phi) is 4.51. The predicted molar refractivity (Wildman–Crippen MR) is 113 cm³/mol. The molecule has 5 rings (SSSR count). The second-order valence-corrected chi connectivity index (χ2v) is 8.09. The number of hydrogen-bond donors (Lipinski definition) is 2. The van der Waals surface area contributed by atoms with Gasteiger partial charge in [0.25, 0.3) is 0 Å². The highest BCUT2D eigenvalue weighted by molar-refractivity contribution is 5.84. The van der Waals surface area contributed by atoms with E-state index in [0.717, 1.165) is 41.5 Å². The molecule has 1 aromatic carbocycles. The summed E-state index contributed by atoms with van der Waals surface area (Å²) >= 11 is 0. The number of hydrogen-bond acceptors (Lipinski definition) is 4. The number of H-pyrrole nitrogens is 1. The summed E-state index contributed by atoms with van der Waals surface area (Å²) < 4.78 is 4.96. The number of aryl methyl sites for hydroxylation is 1. The predicted octanol–water partition coefficient (Wildman–Crippen LogP) is 4.09. The number of pyridine rings is 1. The largest absolute Gasteiger partial charge is 0.453 e. The van der Waals surface area contributed by atoms with Gasteiger partial charge in [-0.3, -0.25) is 0 Å². The highest BCUT2D eigenvalue weighted by atomic mass is 16.5. The Labute approximate surface area is 170 Å². The normalized spacial score (nSPS) is 18.8. The number of aromatic amines is 1. The first-order valence-electron chi connectivity index (χ1n) is 10.3. The molecule has 2 aliphatic rings. The molecule has 2 aromatic heterocycles. The number of nitrogens with one attached hydrogen (secondary N) is 2. The summed E-state index contributed by atoms with van der Waals surface area (Å²) in [7, 11) is 1.45. The Balaban J connectivity index is 1.62. The molecule has 2 N–H and O–H groups in total. The van der Waals surface area contributed by atoms with E-state index in [4.69, 9.17) is 4.74 Å². The molecule has 1 atom stereocenters. The van der Waals surface area contributed by atoms with Gasteiger partial charge in [0.15, 0.2) is 0 Å². The number of ether oxygens (including phenoxy) is 1. The molecule has 2 aliphatic heterocycles. The third-order valence-corrected chi connectivity index (χ3v) is 6.31. The topological polar surface area (TPSA) is 70.2 Å². The Morgan fingerprint density at radius 2 is 2.17 bits per heavy atom. The molecule has 1 amide bonds. The molecule has 0 bridgehead atoms. The van der Waals surface area contributed by atoms with Crippen LogP contribution in [0, 0.1) is 6.92 Å². The third-order valence-electron chi connectivity index (χ3n) is 6.31. The van der Waals surface area contributed by atoms with Gasteiger partial charge in [0.05, 0.1) is 7.11 Å². The van der Waals surface area contributed by atoms with Crippen LogP contribution in [0.3, 0.4) is 0 Å². The van der Waals surface area contributed by atoms with Gasteiger partial charge in [-0.05, 0) is 78.7 Å². The van der Waals surface area contributed by atoms with Crippen molar-refractivity contribution in [3.63, 3.8) is 0 Å². The summed E-state index contributed by atoms with van der Waals surface area (Å²) in [6.45, 7) is 4.45. The number of aromatic nitrogens is 2. The van der Waals surface area contributed by atoms with Crippen molar-refractivity contribution < 1.29 is 9.53 Å². The van der Waals surface area contributed by atoms with E-state index < -0.39 is 0 Å². The van der Waals surface area contributed by atoms with E-state index >= 15 is 0 Å². The average molecular weight is 390 g/mol. The summed E-state index contributed by atoms with van der Waals surface area (Å²) in [6, 6.07) is 7.16. The zero-order valence-corrected chi connectivity index (χ0v) is 16.9. The van der Waals surface area contributed by atoms with Gasteiger partial charge in [0, 0.05) is 42.5 Å². The van der Waals surface area contributed by atoms with E-state index in [1.807, 2.05) is 12.4 Å². The van der Waals surface area contributed by atoms with Crippen LogP contribution >= 0.6 is 0 Å². The quantitative estimate of drug-likeness (QED) is 0.692. The number of nitrogens with zero attached hydrogens (tertiary/aromatic N) is 2. The highest BCUT2D eigenvalue weighted by Crippen LogP contribution is 2.36. The molecule has 0 saturated carbocycles. The van der Waals surface area contributed by atoms with Crippen molar-refractivity contribution >= 4 is 17.1 Å². The van der Waals surface area contributed by atoms with Crippen molar-refractivity contribution in [3.8, 4) is 11.1 Å². The second-order valence-electron chi connectivity index (χ2n) is 8.09. The van der Waals surface area contributed by atoms with Crippen molar-refractivity contribution in [3.05, 3.63) is 52.8 Å². The zero-order chi connectivity index (χ0) is 20.0. The molecule has 0 unspecified atom stereocenters. The molecule has 29 heavy (non-hydrogen) atoms. The molecule has 1 saturated heterocycles. The highest BCUT2D eigenvalue weighted by Gasteiger charge is 2.27. The summed E-state index contributed by atoms with van der Waals surface area (Å²) in [5.74, 6) is 0. The number of rotatable bonds is 2. The van der Waals surface area contributed by atoms with Gasteiger partial charge in [0.1, 0.15) is 5.65 Å². The number of methoxy groups -OCH3 is 1.